The highest BCUT2D eigenvalue weighted by atomic mass is 79.9. The van der Waals surface area contributed by atoms with Crippen molar-refractivity contribution < 1.29 is 4.21 Å². The van der Waals surface area contributed by atoms with Crippen LogP contribution in [-0.2, 0) is 17.2 Å². The molecule has 0 bridgehead atoms. The summed E-state index contributed by atoms with van der Waals surface area (Å²) in [6, 6.07) is 16.3. The fourth-order valence-corrected chi connectivity index (χ4v) is 4.08. The number of aryl methyl sites for hydroxylation is 1. The maximum absolute atomic E-state index is 12.5. The van der Waals surface area contributed by atoms with Gasteiger partial charge in [-0.1, -0.05) is 53.2 Å². The lowest BCUT2D eigenvalue weighted by Gasteiger charge is -2.17. The van der Waals surface area contributed by atoms with E-state index in [1.165, 1.54) is 11.1 Å². The monoisotopic (exact) mass is 365 g/mol. The molecule has 0 amide bonds. The minimum Gasteiger partial charge on any atom is -0.312 e. The molecule has 0 heterocycles. The molecule has 0 saturated carbocycles. The first kappa shape index (κ1) is 16.4. The quantitative estimate of drug-likeness (QED) is 0.835. The second kappa shape index (κ2) is 7.87. The normalized spacial score (nSPS) is 13.9. The Labute approximate surface area is 137 Å². The van der Waals surface area contributed by atoms with Crippen molar-refractivity contribution in [2.75, 3.05) is 12.8 Å². The van der Waals surface area contributed by atoms with Crippen LogP contribution in [0.3, 0.4) is 0 Å². The van der Waals surface area contributed by atoms with Gasteiger partial charge in [0.15, 0.2) is 0 Å². The molecular weight excluding hydrogens is 346 g/mol. The van der Waals surface area contributed by atoms with Crippen molar-refractivity contribution >= 4 is 26.7 Å². The summed E-state index contributed by atoms with van der Waals surface area (Å²) < 4.78 is 13.5. The fraction of sp³-hybridized carbons (Fsp3) is 0.294. The lowest BCUT2D eigenvalue weighted by molar-refractivity contribution is 0.635. The average molecular weight is 366 g/mol. The SMILES string of the molecule is CCc1ccc(C(CS(=O)c2cccc(Br)c2)NC)cc1. The molecule has 2 aromatic rings. The van der Waals surface area contributed by atoms with Gasteiger partial charge in [-0.15, -0.1) is 0 Å². The van der Waals surface area contributed by atoms with Gasteiger partial charge < -0.3 is 5.32 Å². The highest BCUT2D eigenvalue weighted by Crippen LogP contribution is 2.20. The molecule has 0 aliphatic rings. The Morgan fingerprint density at radius 3 is 2.48 bits per heavy atom. The van der Waals surface area contributed by atoms with E-state index in [-0.39, 0.29) is 6.04 Å². The van der Waals surface area contributed by atoms with E-state index in [0.717, 1.165) is 15.8 Å². The van der Waals surface area contributed by atoms with Gasteiger partial charge in [0.1, 0.15) is 0 Å². The summed E-state index contributed by atoms with van der Waals surface area (Å²) in [5, 5.41) is 3.27. The van der Waals surface area contributed by atoms with Crippen LogP contribution in [0.1, 0.15) is 24.1 Å². The molecule has 0 spiro atoms. The van der Waals surface area contributed by atoms with E-state index in [1.54, 1.807) is 0 Å². The van der Waals surface area contributed by atoms with Gasteiger partial charge in [0, 0.05) is 21.2 Å². The summed E-state index contributed by atoms with van der Waals surface area (Å²) in [5.74, 6) is 0.568. The predicted octanol–water partition coefficient (Wildman–Crippen LogP) is 4.08. The molecule has 21 heavy (non-hydrogen) atoms. The molecule has 4 heteroatoms. The highest BCUT2D eigenvalue weighted by Gasteiger charge is 2.14. The second-order valence-electron chi connectivity index (χ2n) is 4.91. The van der Waals surface area contributed by atoms with Crippen LogP contribution in [-0.4, -0.2) is 17.0 Å². The van der Waals surface area contributed by atoms with Crippen LogP contribution in [0, 0.1) is 0 Å². The van der Waals surface area contributed by atoms with Gasteiger partial charge in [-0.05, 0) is 42.8 Å². The Kier molecular flexibility index (Phi) is 6.15. The summed E-state index contributed by atoms with van der Waals surface area (Å²) in [7, 11) is 0.889. The molecule has 0 aliphatic carbocycles. The Morgan fingerprint density at radius 1 is 1.19 bits per heavy atom. The average Bonchev–Trinajstić information content (AvgIpc) is 2.52. The van der Waals surface area contributed by atoms with Gasteiger partial charge in [0.05, 0.1) is 10.8 Å². The number of halogens is 1. The maximum Gasteiger partial charge on any atom is 0.0549 e. The first-order valence-corrected chi connectivity index (χ1v) is 9.15. The zero-order valence-electron chi connectivity index (χ0n) is 12.3. The lowest BCUT2D eigenvalue weighted by atomic mass is 10.1. The van der Waals surface area contributed by atoms with Crippen molar-refractivity contribution in [1.82, 2.24) is 5.32 Å². The smallest absolute Gasteiger partial charge is 0.0549 e. The van der Waals surface area contributed by atoms with Crippen molar-refractivity contribution in [2.24, 2.45) is 0 Å². The van der Waals surface area contributed by atoms with Crippen molar-refractivity contribution in [1.29, 1.82) is 0 Å². The molecule has 2 atom stereocenters. The molecule has 0 fully saturated rings. The molecule has 0 saturated heterocycles. The fourth-order valence-electron chi connectivity index (χ4n) is 2.19. The minimum atomic E-state index is -1.02. The summed E-state index contributed by atoms with van der Waals surface area (Å²) in [6.07, 6.45) is 1.04. The van der Waals surface area contributed by atoms with E-state index >= 15 is 0 Å². The van der Waals surface area contributed by atoms with Crippen LogP contribution in [0.5, 0.6) is 0 Å². The van der Waals surface area contributed by atoms with Crippen molar-refractivity contribution in [3.05, 3.63) is 64.1 Å². The Morgan fingerprint density at radius 2 is 1.90 bits per heavy atom. The van der Waals surface area contributed by atoms with Gasteiger partial charge in [0.2, 0.25) is 0 Å². The van der Waals surface area contributed by atoms with Crippen LogP contribution in [0.4, 0.5) is 0 Å². The van der Waals surface area contributed by atoms with Gasteiger partial charge in [0.25, 0.3) is 0 Å². The molecule has 0 radical (unpaired) electrons. The van der Waals surface area contributed by atoms with Crippen LogP contribution >= 0.6 is 15.9 Å². The third kappa shape index (κ3) is 4.50. The third-order valence-corrected chi connectivity index (χ3v) is 5.42. The summed E-state index contributed by atoms with van der Waals surface area (Å²) in [6.45, 7) is 2.15. The molecule has 1 N–H and O–H groups in total. The largest absolute Gasteiger partial charge is 0.312 e. The van der Waals surface area contributed by atoms with Gasteiger partial charge in [-0.25, -0.2) is 0 Å². The van der Waals surface area contributed by atoms with E-state index < -0.39 is 10.8 Å². The maximum atomic E-state index is 12.5. The summed E-state index contributed by atoms with van der Waals surface area (Å²) in [5.41, 5.74) is 2.50. The molecule has 2 rings (SSSR count). The Hall–Kier alpha value is -0.970. The molecule has 2 aromatic carbocycles. The number of rotatable bonds is 6. The lowest BCUT2D eigenvalue weighted by Crippen LogP contribution is -2.22. The van der Waals surface area contributed by atoms with E-state index in [0.29, 0.717) is 5.75 Å². The van der Waals surface area contributed by atoms with Crippen LogP contribution in [0.15, 0.2) is 57.9 Å². The van der Waals surface area contributed by atoms with E-state index in [9.17, 15) is 4.21 Å². The third-order valence-electron chi connectivity index (χ3n) is 3.52. The van der Waals surface area contributed by atoms with Crippen molar-refractivity contribution in [2.45, 2.75) is 24.3 Å². The predicted molar refractivity (Wildman–Crippen MR) is 93.0 cm³/mol. The Balaban J connectivity index is 2.12. The molecule has 2 unspecified atom stereocenters. The molecule has 112 valence electrons. The standard InChI is InChI=1S/C17H20BrNOS/c1-3-13-7-9-14(10-8-13)17(19-2)12-21(20)16-6-4-5-15(18)11-16/h4-11,17,19H,3,12H2,1-2H3. The van der Waals surface area contributed by atoms with Crippen LogP contribution in [0.25, 0.3) is 0 Å². The Bertz CT molecular complexity index is 612. The van der Waals surface area contributed by atoms with Gasteiger partial charge in [-0.3, -0.25) is 4.21 Å². The van der Waals surface area contributed by atoms with E-state index in [1.807, 2.05) is 31.3 Å². The van der Waals surface area contributed by atoms with E-state index in [4.69, 9.17) is 0 Å². The first-order chi connectivity index (χ1) is 10.1. The van der Waals surface area contributed by atoms with Gasteiger partial charge >= 0.3 is 0 Å². The second-order valence-corrected chi connectivity index (χ2v) is 7.32. The zero-order valence-corrected chi connectivity index (χ0v) is 14.7. The van der Waals surface area contributed by atoms with Crippen molar-refractivity contribution in [3.8, 4) is 0 Å². The topological polar surface area (TPSA) is 29.1 Å². The van der Waals surface area contributed by atoms with Crippen LogP contribution < -0.4 is 5.32 Å². The first-order valence-electron chi connectivity index (χ1n) is 7.04. The molecule has 2 nitrogen and oxygen atoms in total. The number of benzene rings is 2. The molecular formula is C17H20BrNOS. The minimum absolute atomic E-state index is 0.0933. The summed E-state index contributed by atoms with van der Waals surface area (Å²) >= 11 is 3.42. The molecule has 0 aromatic heterocycles. The summed E-state index contributed by atoms with van der Waals surface area (Å²) in [4.78, 5) is 0.856. The van der Waals surface area contributed by atoms with Crippen molar-refractivity contribution in [3.63, 3.8) is 0 Å². The zero-order chi connectivity index (χ0) is 15.2. The number of hydrogen-bond acceptors (Lipinski definition) is 2. The van der Waals surface area contributed by atoms with Crippen LogP contribution in [0.2, 0.25) is 0 Å². The molecule has 0 aliphatic heterocycles. The highest BCUT2D eigenvalue weighted by molar-refractivity contribution is 9.10. The number of nitrogens with one attached hydrogen (secondary N) is 1. The van der Waals surface area contributed by atoms with Gasteiger partial charge in [-0.2, -0.15) is 0 Å². The van der Waals surface area contributed by atoms with E-state index in [2.05, 4.69) is 52.4 Å². The number of hydrogen-bond donors (Lipinski definition) is 1.